The Labute approximate surface area is 153 Å². The molecule has 0 aliphatic carbocycles. The highest BCUT2D eigenvalue weighted by atomic mass is 35.5. The molecule has 2 heterocycles. The Morgan fingerprint density at radius 2 is 2.08 bits per heavy atom. The monoisotopic (exact) mass is 380 g/mol. The van der Waals surface area contributed by atoms with Gasteiger partial charge in [0.15, 0.2) is 0 Å². The van der Waals surface area contributed by atoms with Crippen LogP contribution >= 0.6 is 22.9 Å². The third-order valence-electron chi connectivity index (χ3n) is 4.54. The predicted octanol–water partition coefficient (Wildman–Crippen LogP) is 2.75. The minimum Gasteiger partial charge on any atom is -0.480 e. The van der Waals surface area contributed by atoms with Gasteiger partial charge in [-0.2, -0.15) is 0 Å². The van der Waals surface area contributed by atoms with Gasteiger partial charge in [-0.1, -0.05) is 29.8 Å². The lowest BCUT2D eigenvalue weighted by Crippen LogP contribution is -2.53. The molecule has 1 aliphatic heterocycles. The second-order valence-electron chi connectivity index (χ2n) is 6.15. The van der Waals surface area contributed by atoms with Crippen LogP contribution in [0.25, 0.3) is 10.1 Å². The van der Waals surface area contributed by atoms with E-state index in [1.165, 1.54) is 23.2 Å². The lowest BCUT2D eigenvalue weighted by molar-refractivity contribution is -0.154. The molecule has 1 fully saturated rings. The molecule has 1 aliphatic rings. The van der Waals surface area contributed by atoms with Crippen molar-refractivity contribution in [2.75, 3.05) is 13.1 Å². The Morgan fingerprint density at radius 3 is 2.76 bits per heavy atom. The smallest absolute Gasteiger partial charge is 0.329 e. The van der Waals surface area contributed by atoms with Crippen molar-refractivity contribution < 1.29 is 19.5 Å². The van der Waals surface area contributed by atoms with E-state index in [2.05, 4.69) is 5.32 Å². The van der Waals surface area contributed by atoms with Gasteiger partial charge in [0.1, 0.15) is 10.4 Å². The molecule has 1 aromatic carbocycles. The summed E-state index contributed by atoms with van der Waals surface area (Å²) >= 11 is 7.52. The van der Waals surface area contributed by atoms with E-state index in [0.29, 0.717) is 29.3 Å². The number of hydrogen-bond donors (Lipinski definition) is 2. The van der Waals surface area contributed by atoms with Gasteiger partial charge in [-0.05, 0) is 25.8 Å². The summed E-state index contributed by atoms with van der Waals surface area (Å²) in [4.78, 5) is 37.9. The molecule has 0 radical (unpaired) electrons. The van der Waals surface area contributed by atoms with Gasteiger partial charge in [0.2, 0.25) is 5.91 Å². The van der Waals surface area contributed by atoms with Crippen LogP contribution in [0.4, 0.5) is 0 Å². The summed E-state index contributed by atoms with van der Waals surface area (Å²) in [5, 5.41) is 13.1. The molecule has 132 valence electrons. The highest BCUT2D eigenvalue weighted by Crippen LogP contribution is 2.35. The number of carboxylic acid groups (broad SMARTS) is 1. The first-order valence-corrected chi connectivity index (χ1v) is 9.03. The van der Waals surface area contributed by atoms with Crippen LogP contribution in [0.2, 0.25) is 5.02 Å². The lowest BCUT2D eigenvalue weighted by atomic mass is 9.99. The molecule has 1 aromatic heterocycles. The maximum absolute atomic E-state index is 12.4. The molecule has 1 unspecified atom stereocenters. The van der Waals surface area contributed by atoms with Crippen LogP contribution < -0.4 is 5.32 Å². The minimum atomic E-state index is -1.21. The molecule has 3 rings (SSSR count). The number of aliphatic carboxylic acids is 1. The van der Waals surface area contributed by atoms with Crippen molar-refractivity contribution in [1.29, 1.82) is 0 Å². The van der Waals surface area contributed by atoms with Gasteiger partial charge in [-0.15, -0.1) is 11.3 Å². The first kappa shape index (κ1) is 17.7. The average Bonchev–Trinajstić information content (AvgIpc) is 3.14. The van der Waals surface area contributed by atoms with Gasteiger partial charge in [-0.25, -0.2) is 4.79 Å². The quantitative estimate of drug-likeness (QED) is 0.853. The summed E-state index contributed by atoms with van der Waals surface area (Å²) in [6.07, 6.45) is 1.04. The number of carbonyl (C=O) groups excluding carboxylic acids is 2. The third-order valence-corrected chi connectivity index (χ3v) is 6.22. The van der Waals surface area contributed by atoms with Crippen molar-refractivity contribution in [1.82, 2.24) is 10.2 Å². The molecule has 6 nitrogen and oxygen atoms in total. The highest BCUT2D eigenvalue weighted by molar-refractivity contribution is 7.21. The Kier molecular flexibility index (Phi) is 4.71. The maximum atomic E-state index is 12.4. The maximum Gasteiger partial charge on any atom is 0.329 e. The van der Waals surface area contributed by atoms with Crippen LogP contribution in [0.1, 0.15) is 29.4 Å². The summed E-state index contributed by atoms with van der Waals surface area (Å²) < 4.78 is 0.891. The number of rotatable bonds is 4. The second kappa shape index (κ2) is 6.65. The number of nitrogens with one attached hydrogen (secondary N) is 1. The third kappa shape index (κ3) is 3.09. The number of hydrogen-bond acceptors (Lipinski definition) is 4. The second-order valence-corrected chi connectivity index (χ2v) is 7.58. The van der Waals surface area contributed by atoms with E-state index in [1.54, 1.807) is 0 Å². The van der Waals surface area contributed by atoms with Crippen molar-refractivity contribution in [2.45, 2.75) is 25.3 Å². The van der Waals surface area contributed by atoms with E-state index in [-0.39, 0.29) is 6.54 Å². The molecular weight excluding hydrogens is 364 g/mol. The van der Waals surface area contributed by atoms with E-state index in [1.807, 2.05) is 24.3 Å². The first-order chi connectivity index (χ1) is 11.8. The SMILES string of the molecule is CC1(C(=O)O)CCCN1C(=O)CNC(=O)c1sc2ccccc2c1Cl. The molecule has 2 amide bonds. The molecule has 8 heteroatoms. The average molecular weight is 381 g/mol. The lowest BCUT2D eigenvalue weighted by Gasteiger charge is -2.31. The zero-order chi connectivity index (χ0) is 18.2. The Bertz CT molecular complexity index is 865. The van der Waals surface area contributed by atoms with Crippen LogP contribution in [0.5, 0.6) is 0 Å². The molecule has 2 aromatic rings. The number of thiophene rings is 1. The first-order valence-electron chi connectivity index (χ1n) is 7.83. The zero-order valence-corrected chi connectivity index (χ0v) is 15.1. The summed E-state index contributed by atoms with van der Waals surface area (Å²) in [5.74, 6) is -1.87. The van der Waals surface area contributed by atoms with Gasteiger partial charge in [-0.3, -0.25) is 9.59 Å². The molecule has 0 saturated carbocycles. The molecule has 0 spiro atoms. The van der Waals surface area contributed by atoms with Gasteiger partial charge < -0.3 is 15.3 Å². The largest absolute Gasteiger partial charge is 0.480 e. The topological polar surface area (TPSA) is 86.7 Å². The Balaban J connectivity index is 1.70. The Morgan fingerprint density at radius 1 is 1.36 bits per heavy atom. The van der Waals surface area contributed by atoms with E-state index < -0.39 is 23.3 Å². The van der Waals surface area contributed by atoms with Gasteiger partial charge in [0.25, 0.3) is 5.91 Å². The van der Waals surface area contributed by atoms with Gasteiger partial charge in [0, 0.05) is 16.6 Å². The molecule has 1 saturated heterocycles. The standard InChI is InChI=1S/C17H17ClN2O4S/c1-17(16(23)24)7-4-8-20(17)12(21)9-19-15(22)14-13(18)10-5-2-3-6-11(10)25-14/h2-3,5-6H,4,7-9H2,1H3,(H,19,22)(H,23,24). The number of halogens is 1. The summed E-state index contributed by atoms with van der Waals surface area (Å²) in [6, 6.07) is 7.40. The number of benzene rings is 1. The summed E-state index contributed by atoms with van der Waals surface area (Å²) in [5.41, 5.74) is -1.21. The number of carboxylic acids is 1. The zero-order valence-electron chi connectivity index (χ0n) is 13.5. The molecule has 0 bridgehead atoms. The Hall–Kier alpha value is -2.12. The molecule has 2 N–H and O–H groups in total. The number of carbonyl (C=O) groups is 3. The summed E-state index contributed by atoms with van der Waals surface area (Å²) in [6.45, 7) is 1.65. The fourth-order valence-corrected chi connectivity index (χ4v) is 4.51. The minimum absolute atomic E-state index is 0.258. The van der Waals surface area contributed by atoms with Crippen molar-refractivity contribution in [3.8, 4) is 0 Å². The summed E-state index contributed by atoms with van der Waals surface area (Å²) in [7, 11) is 0. The number of nitrogens with zero attached hydrogens (tertiary/aromatic N) is 1. The number of fused-ring (bicyclic) bond motifs is 1. The van der Waals surface area contributed by atoms with E-state index in [4.69, 9.17) is 11.6 Å². The van der Waals surface area contributed by atoms with Gasteiger partial charge >= 0.3 is 5.97 Å². The molecule has 1 atom stereocenters. The van der Waals surface area contributed by atoms with E-state index in [0.717, 1.165) is 10.1 Å². The fraction of sp³-hybridized carbons (Fsp3) is 0.353. The van der Waals surface area contributed by atoms with E-state index in [9.17, 15) is 19.5 Å². The van der Waals surface area contributed by atoms with Crippen LogP contribution in [0, 0.1) is 0 Å². The van der Waals surface area contributed by atoms with Crippen LogP contribution in [0.3, 0.4) is 0 Å². The van der Waals surface area contributed by atoms with Crippen molar-refractivity contribution in [3.63, 3.8) is 0 Å². The van der Waals surface area contributed by atoms with Crippen molar-refractivity contribution >= 4 is 50.8 Å². The predicted molar refractivity (Wildman–Crippen MR) is 96.2 cm³/mol. The molecular formula is C17H17ClN2O4S. The normalized spacial score (nSPS) is 20.0. The highest BCUT2D eigenvalue weighted by Gasteiger charge is 2.45. The van der Waals surface area contributed by atoms with Crippen LogP contribution in [-0.4, -0.2) is 46.4 Å². The fourth-order valence-electron chi connectivity index (χ4n) is 3.08. The van der Waals surface area contributed by atoms with Gasteiger partial charge in [0.05, 0.1) is 11.6 Å². The van der Waals surface area contributed by atoms with Crippen LogP contribution in [0.15, 0.2) is 24.3 Å². The van der Waals surface area contributed by atoms with Crippen molar-refractivity contribution in [2.24, 2.45) is 0 Å². The molecule has 25 heavy (non-hydrogen) atoms. The number of amides is 2. The van der Waals surface area contributed by atoms with Crippen LogP contribution in [-0.2, 0) is 9.59 Å². The van der Waals surface area contributed by atoms with E-state index >= 15 is 0 Å². The van der Waals surface area contributed by atoms with Crippen molar-refractivity contribution in [3.05, 3.63) is 34.2 Å². The number of likely N-dealkylation sites (tertiary alicyclic amines) is 1.